The number of fused-ring (bicyclic) bond motifs is 1. The Kier molecular flexibility index (Phi) is 1.73. The number of carboxylic acid groups (broad SMARTS) is 1. The van der Waals surface area contributed by atoms with E-state index in [2.05, 4.69) is 10.3 Å². The van der Waals surface area contributed by atoms with Crippen molar-refractivity contribution in [1.29, 1.82) is 0 Å². The van der Waals surface area contributed by atoms with Crippen LogP contribution in [0.15, 0.2) is 5.51 Å². The van der Waals surface area contributed by atoms with Gasteiger partial charge in [-0.05, 0) is 12.8 Å². The first kappa shape index (κ1) is 7.54. The molecule has 2 N–H and O–H groups in total. The molecule has 4 nitrogen and oxygen atoms in total. The Bertz CT molecular complexity index is 310. The summed E-state index contributed by atoms with van der Waals surface area (Å²) in [5, 5.41) is 11.6. The molecule has 2 heterocycles. The Labute approximate surface area is 73.3 Å². The van der Waals surface area contributed by atoms with E-state index in [4.69, 9.17) is 5.11 Å². The Balaban J connectivity index is 2.20. The van der Waals surface area contributed by atoms with Gasteiger partial charge in [0.25, 0.3) is 0 Å². The molecular weight excluding hydrogens is 176 g/mol. The Morgan fingerprint density at radius 3 is 3.42 bits per heavy atom. The van der Waals surface area contributed by atoms with Crippen LogP contribution >= 0.6 is 11.3 Å². The number of hydrogen-bond donors (Lipinski definition) is 2. The van der Waals surface area contributed by atoms with Gasteiger partial charge in [-0.3, -0.25) is 0 Å². The van der Waals surface area contributed by atoms with E-state index in [-0.39, 0.29) is 0 Å². The summed E-state index contributed by atoms with van der Waals surface area (Å²) in [6.07, 6.45) is 1.48. The molecule has 1 aliphatic heterocycles. The number of nitrogens with one attached hydrogen (secondary N) is 1. The van der Waals surface area contributed by atoms with Crippen molar-refractivity contribution in [2.75, 3.05) is 5.32 Å². The first-order valence-corrected chi connectivity index (χ1v) is 4.57. The van der Waals surface area contributed by atoms with Crippen LogP contribution in [0.5, 0.6) is 0 Å². The van der Waals surface area contributed by atoms with Gasteiger partial charge in [0.2, 0.25) is 0 Å². The minimum Gasteiger partial charge on any atom is -0.480 e. The molecule has 0 saturated heterocycles. The predicted octanol–water partition coefficient (Wildman–Crippen LogP) is 0.954. The third-order valence-corrected chi connectivity index (χ3v) is 2.80. The third-order valence-electron chi connectivity index (χ3n) is 1.91. The molecule has 0 radical (unpaired) electrons. The van der Waals surface area contributed by atoms with Crippen molar-refractivity contribution in [3.63, 3.8) is 0 Å². The highest BCUT2D eigenvalue weighted by molar-refractivity contribution is 7.10. The maximum absolute atomic E-state index is 10.6. The average molecular weight is 184 g/mol. The number of anilines is 1. The molecule has 0 amide bonds. The summed E-state index contributed by atoms with van der Waals surface area (Å²) in [4.78, 5) is 15.8. The molecular formula is C7H8N2O2S. The molecule has 1 unspecified atom stereocenters. The zero-order valence-corrected chi connectivity index (χ0v) is 7.10. The number of carboxylic acids is 1. The van der Waals surface area contributed by atoms with Crippen molar-refractivity contribution in [2.45, 2.75) is 18.9 Å². The molecule has 5 heteroatoms. The molecule has 0 aliphatic carbocycles. The fraction of sp³-hybridized carbons (Fsp3) is 0.429. The third kappa shape index (κ3) is 1.16. The van der Waals surface area contributed by atoms with E-state index >= 15 is 0 Å². The van der Waals surface area contributed by atoms with Gasteiger partial charge >= 0.3 is 5.97 Å². The topological polar surface area (TPSA) is 62.2 Å². The maximum Gasteiger partial charge on any atom is 0.326 e. The molecule has 0 fully saturated rings. The van der Waals surface area contributed by atoms with Gasteiger partial charge in [-0.25, -0.2) is 9.78 Å². The van der Waals surface area contributed by atoms with E-state index in [1.165, 1.54) is 0 Å². The Hall–Kier alpha value is -1.10. The lowest BCUT2D eigenvalue weighted by Crippen LogP contribution is -2.32. The number of hydrogen-bond acceptors (Lipinski definition) is 4. The monoisotopic (exact) mass is 184 g/mol. The molecule has 1 aliphatic rings. The summed E-state index contributed by atoms with van der Waals surface area (Å²) in [5.41, 5.74) is 1.74. The van der Waals surface area contributed by atoms with Gasteiger partial charge in [-0.2, -0.15) is 0 Å². The average Bonchev–Trinajstić information content (AvgIpc) is 2.49. The second-order valence-corrected chi connectivity index (χ2v) is 3.64. The van der Waals surface area contributed by atoms with Crippen molar-refractivity contribution in [2.24, 2.45) is 0 Å². The van der Waals surface area contributed by atoms with Crippen molar-refractivity contribution < 1.29 is 9.90 Å². The summed E-state index contributed by atoms with van der Waals surface area (Å²) in [6, 6.07) is -0.459. The molecule has 2 rings (SSSR count). The summed E-state index contributed by atoms with van der Waals surface area (Å²) in [7, 11) is 0. The van der Waals surface area contributed by atoms with Gasteiger partial charge in [-0.15, -0.1) is 11.3 Å². The lowest BCUT2D eigenvalue weighted by Gasteiger charge is -2.19. The highest BCUT2D eigenvalue weighted by atomic mass is 32.1. The van der Waals surface area contributed by atoms with Crippen LogP contribution in [0.1, 0.15) is 11.3 Å². The lowest BCUT2D eigenvalue weighted by molar-refractivity contribution is -0.138. The zero-order chi connectivity index (χ0) is 8.55. The highest BCUT2D eigenvalue weighted by Gasteiger charge is 2.24. The van der Waals surface area contributed by atoms with Crippen LogP contribution in [-0.4, -0.2) is 22.1 Å². The minimum atomic E-state index is -0.798. The molecule has 64 valence electrons. The standard InChI is InChI=1S/C7H8N2O2S/c10-7(11)4-1-2-5-6(9-4)8-3-12-5/h3-4,9H,1-2H2,(H,10,11). The van der Waals surface area contributed by atoms with Crippen LogP contribution in [0.3, 0.4) is 0 Å². The predicted molar refractivity (Wildman–Crippen MR) is 45.5 cm³/mol. The molecule has 0 saturated carbocycles. The van der Waals surface area contributed by atoms with Gasteiger partial charge in [0.1, 0.15) is 11.9 Å². The SMILES string of the molecule is O=C(O)C1CCc2scnc2N1. The largest absolute Gasteiger partial charge is 0.480 e. The molecule has 0 aromatic carbocycles. The fourth-order valence-corrected chi connectivity index (χ4v) is 2.01. The molecule has 1 atom stereocenters. The highest BCUT2D eigenvalue weighted by Crippen LogP contribution is 2.26. The molecule has 1 aromatic heterocycles. The molecule has 0 spiro atoms. The second-order valence-electron chi connectivity index (χ2n) is 2.70. The van der Waals surface area contributed by atoms with Crippen LogP contribution in [0.2, 0.25) is 0 Å². The normalized spacial score (nSPS) is 21.2. The number of thiazole rings is 1. The van der Waals surface area contributed by atoms with Gasteiger partial charge in [0.05, 0.1) is 5.51 Å². The second kappa shape index (κ2) is 2.75. The fourth-order valence-electron chi connectivity index (χ4n) is 1.26. The summed E-state index contributed by atoms with van der Waals surface area (Å²) in [6.45, 7) is 0. The summed E-state index contributed by atoms with van der Waals surface area (Å²) < 4.78 is 0. The Morgan fingerprint density at radius 2 is 2.67 bits per heavy atom. The zero-order valence-electron chi connectivity index (χ0n) is 6.28. The Morgan fingerprint density at radius 1 is 1.83 bits per heavy atom. The number of nitrogens with zero attached hydrogens (tertiary/aromatic N) is 1. The lowest BCUT2D eigenvalue weighted by atomic mass is 10.1. The number of aromatic nitrogens is 1. The van der Waals surface area contributed by atoms with E-state index in [0.717, 1.165) is 17.1 Å². The van der Waals surface area contributed by atoms with Crippen LogP contribution in [0.4, 0.5) is 5.82 Å². The van der Waals surface area contributed by atoms with Crippen LogP contribution in [-0.2, 0) is 11.2 Å². The van der Waals surface area contributed by atoms with E-state index in [9.17, 15) is 4.79 Å². The van der Waals surface area contributed by atoms with E-state index in [1.807, 2.05) is 0 Å². The van der Waals surface area contributed by atoms with Gasteiger partial charge in [0.15, 0.2) is 0 Å². The van der Waals surface area contributed by atoms with Gasteiger partial charge < -0.3 is 10.4 Å². The van der Waals surface area contributed by atoms with Gasteiger partial charge in [-0.1, -0.05) is 0 Å². The van der Waals surface area contributed by atoms with Crippen LogP contribution in [0, 0.1) is 0 Å². The van der Waals surface area contributed by atoms with Crippen LogP contribution in [0.25, 0.3) is 0 Å². The summed E-state index contributed by atoms with van der Waals surface area (Å²) in [5.74, 6) is -0.0488. The smallest absolute Gasteiger partial charge is 0.326 e. The molecule has 12 heavy (non-hydrogen) atoms. The van der Waals surface area contributed by atoms with Crippen molar-refractivity contribution in [1.82, 2.24) is 4.98 Å². The molecule has 1 aromatic rings. The minimum absolute atomic E-state index is 0.459. The number of carbonyl (C=O) groups is 1. The van der Waals surface area contributed by atoms with E-state index in [1.54, 1.807) is 16.8 Å². The van der Waals surface area contributed by atoms with Crippen molar-refractivity contribution in [3.8, 4) is 0 Å². The van der Waals surface area contributed by atoms with Gasteiger partial charge in [0, 0.05) is 4.88 Å². The summed E-state index contributed by atoms with van der Waals surface area (Å²) >= 11 is 1.57. The first-order valence-electron chi connectivity index (χ1n) is 3.69. The molecule has 0 bridgehead atoms. The van der Waals surface area contributed by atoms with E-state index in [0.29, 0.717) is 6.42 Å². The van der Waals surface area contributed by atoms with Crippen molar-refractivity contribution >= 4 is 23.1 Å². The van der Waals surface area contributed by atoms with Crippen LogP contribution < -0.4 is 5.32 Å². The quantitative estimate of drug-likeness (QED) is 0.682. The van der Waals surface area contributed by atoms with Crippen molar-refractivity contribution in [3.05, 3.63) is 10.4 Å². The number of aliphatic carboxylic acids is 1. The first-order chi connectivity index (χ1) is 5.77. The number of rotatable bonds is 1. The van der Waals surface area contributed by atoms with E-state index < -0.39 is 12.0 Å². The maximum atomic E-state index is 10.6. The number of aryl methyl sites for hydroxylation is 1.